The molecule has 17 heavy (non-hydrogen) atoms. The van der Waals surface area contributed by atoms with Gasteiger partial charge in [-0.3, -0.25) is 19.9 Å². The van der Waals surface area contributed by atoms with Crippen molar-refractivity contribution in [2.75, 3.05) is 0 Å². The van der Waals surface area contributed by atoms with E-state index in [2.05, 4.69) is 34.4 Å². The van der Waals surface area contributed by atoms with Gasteiger partial charge >= 0.3 is 16.4 Å². The summed E-state index contributed by atoms with van der Waals surface area (Å²) < 4.78 is 31.6. The van der Waals surface area contributed by atoms with Gasteiger partial charge in [-0.2, -0.15) is 8.42 Å². The van der Waals surface area contributed by atoms with Gasteiger partial charge in [0.1, 0.15) is 0 Å². The molecule has 0 saturated carbocycles. The molecule has 0 heterocycles. The predicted molar refractivity (Wildman–Crippen MR) is 60.2 cm³/mol. The summed E-state index contributed by atoms with van der Waals surface area (Å²) in [4.78, 5) is 9.00. The largest absolute Gasteiger partial charge is 0.394 e. The van der Waals surface area contributed by atoms with Crippen molar-refractivity contribution in [3.63, 3.8) is 0 Å². The summed E-state index contributed by atoms with van der Waals surface area (Å²) in [6.45, 7) is 0. The van der Waals surface area contributed by atoms with E-state index in [4.69, 9.17) is 33.1 Å². The minimum Gasteiger partial charge on any atom is -0.370 e. The van der Waals surface area contributed by atoms with Gasteiger partial charge in [-0.15, -0.1) is 0 Å². The van der Waals surface area contributed by atoms with E-state index in [1.165, 1.54) is 0 Å². The summed E-state index contributed by atoms with van der Waals surface area (Å²) in [5.74, 6) is -0.667. The lowest BCUT2D eigenvalue weighted by Crippen LogP contribution is -2.20. The van der Waals surface area contributed by atoms with Crippen molar-refractivity contribution in [1.29, 1.82) is 10.8 Å². The van der Waals surface area contributed by atoms with Crippen LogP contribution in [-0.2, 0) is 10.4 Å². The smallest absolute Gasteiger partial charge is 0.370 e. The molecule has 14 heteroatoms. The first-order valence-electron chi connectivity index (χ1n) is 3.13. The van der Waals surface area contributed by atoms with Gasteiger partial charge in [0, 0.05) is 0 Å². The van der Waals surface area contributed by atoms with Gasteiger partial charge in [0.15, 0.2) is 11.9 Å². The summed E-state index contributed by atoms with van der Waals surface area (Å²) in [7, 11) is -4.67. The van der Waals surface area contributed by atoms with Crippen LogP contribution in [0.1, 0.15) is 0 Å². The first-order chi connectivity index (χ1) is 7.20. The SMILES string of the molecule is N=C(N)N.N=C(N)N.NC(N)=O.O=S(=O)(O)O. The Morgan fingerprint density at radius 1 is 0.824 bits per heavy atom. The molecule has 0 bridgehead atoms. The Labute approximate surface area is 96.7 Å². The molecule has 0 aliphatic heterocycles. The molecular formula is C3H16N8O5S. The number of hydrogen-bond donors (Lipinski definition) is 10. The summed E-state index contributed by atoms with van der Waals surface area (Å²) in [6.07, 6.45) is 0. The van der Waals surface area contributed by atoms with Crippen molar-refractivity contribution < 1.29 is 22.3 Å². The Bertz CT molecular complexity index is 276. The summed E-state index contributed by atoms with van der Waals surface area (Å²) in [5, 5.41) is 12.1. The molecular weight excluding hydrogens is 260 g/mol. The Kier molecular flexibility index (Phi) is 19.4. The Morgan fingerprint density at radius 3 is 0.824 bits per heavy atom. The van der Waals surface area contributed by atoms with E-state index in [1.54, 1.807) is 0 Å². The van der Waals surface area contributed by atoms with Gasteiger partial charge in [-0.1, -0.05) is 0 Å². The number of nitrogens with two attached hydrogens (primary N) is 6. The van der Waals surface area contributed by atoms with Crippen LogP contribution in [0.5, 0.6) is 0 Å². The first-order valence-corrected chi connectivity index (χ1v) is 4.53. The predicted octanol–water partition coefficient (Wildman–Crippen LogP) is -3.95. The topological polar surface area (TPSA) is 295 Å². The van der Waals surface area contributed by atoms with Crippen LogP contribution in [0.25, 0.3) is 0 Å². The number of primary amides is 2. The fraction of sp³-hybridized carbons (Fsp3) is 0. The number of carbonyl (C=O) groups excluding carboxylic acids is 1. The lowest BCUT2D eigenvalue weighted by molar-refractivity contribution is 0.256. The lowest BCUT2D eigenvalue weighted by atomic mass is 11.1. The average molecular weight is 276 g/mol. The quantitative estimate of drug-likeness (QED) is 0.117. The molecule has 0 unspecified atom stereocenters. The molecule has 16 N–H and O–H groups in total. The third kappa shape index (κ3) is 347. The van der Waals surface area contributed by atoms with Crippen LogP contribution >= 0.6 is 0 Å². The minimum absolute atomic E-state index is 0.333. The normalized spacial score (nSPS) is 7.65. The molecule has 0 spiro atoms. The van der Waals surface area contributed by atoms with Crippen molar-refractivity contribution >= 4 is 28.3 Å². The summed E-state index contributed by atoms with van der Waals surface area (Å²) in [6, 6.07) is -0.833. The lowest BCUT2D eigenvalue weighted by Gasteiger charge is -1.69. The molecule has 104 valence electrons. The molecule has 2 amide bonds. The minimum atomic E-state index is -4.67. The fourth-order valence-corrected chi connectivity index (χ4v) is 0. The molecule has 0 aliphatic rings. The van der Waals surface area contributed by atoms with Crippen molar-refractivity contribution in [1.82, 2.24) is 0 Å². The average Bonchev–Trinajstić information content (AvgIpc) is 1.73. The highest BCUT2D eigenvalue weighted by atomic mass is 32.3. The number of nitrogens with one attached hydrogen (secondary N) is 2. The Hall–Kier alpha value is -2.32. The van der Waals surface area contributed by atoms with E-state index in [-0.39, 0.29) is 11.9 Å². The molecule has 0 atom stereocenters. The molecule has 0 aromatic carbocycles. The molecule has 0 radical (unpaired) electrons. The van der Waals surface area contributed by atoms with E-state index in [1.807, 2.05) is 0 Å². The number of urea groups is 1. The van der Waals surface area contributed by atoms with Gasteiger partial charge < -0.3 is 34.4 Å². The maximum Gasteiger partial charge on any atom is 0.394 e. The van der Waals surface area contributed by atoms with Crippen LogP contribution in [0, 0.1) is 10.8 Å². The van der Waals surface area contributed by atoms with Crippen LogP contribution in [-0.4, -0.2) is 35.5 Å². The van der Waals surface area contributed by atoms with E-state index in [0.29, 0.717) is 0 Å². The number of carbonyl (C=O) groups is 1. The second-order valence-electron chi connectivity index (χ2n) is 1.76. The highest BCUT2D eigenvalue weighted by Crippen LogP contribution is 1.59. The Morgan fingerprint density at radius 2 is 0.824 bits per heavy atom. The zero-order valence-corrected chi connectivity index (χ0v) is 9.31. The summed E-state index contributed by atoms with van der Waals surface area (Å²) in [5.41, 5.74) is 26.4. The van der Waals surface area contributed by atoms with Crippen molar-refractivity contribution in [2.45, 2.75) is 0 Å². The molecule has 0 aliphatic carbocycles. The van der Waals surface area contributed by atoms with Gasteiger partial charge in [0.2, 0.25) is 0 Å². The maximum atomic E-state index is 9.00. The zero-order valence-electron chi connectivity index (χ0n) is 8.49. The van der Waals surface area contributed by atoms with Gasteiger partial charge in [-0.25, -0.2) is 4.79 Å². The van der Waals surface area contributed by atoms with Crippen LogP contribution in [0.4, 0.5) is 4.79 Å². The van der Waals surface area contributed by atoms with Crippen molar-refractivity contribution in [3.8, 4) is 0 Å². The van der Waals surface area contributed by atoms with Crippen LogP contribution in [0.2, 0.25) is 0 Å². The maximum absolute atomic E-state index is 9.00. The number of amides is 2. The highest BCUT2D eigenvalue weighted by Gasteiger charge is 1.84. The van der Waals surface area contributed by atoms with E-state index in [9.17, 15) is 0 Å². The van der Waals surface area contributed by atoms with Crippen molar-refractivity contribution in [2.24, 2.45) is 34.4 Å². The third-order valence-corrected chi connectivity index (χ3v) is 0. The fourth-order valence-electron chi connectivity index (χ4n) is 0. The standard InChI is InChI=1S/2CH5N3.CH4N2O.H2O4S/c3*2-1(3)4;1-5(2,3)4/h2*(H5,2,3,4);(H4,2,3,4);(H2,1,2,3,4). The monoisotopic (exact) mass is 276 g/mol. The van der Waals surface area contributed by atoms with E-state index >= 15 is 0 Å². The molecule has 13 nitrogen and oxygen atoms in total. The second kappa shape index (κ2) is 13.7. The molecule has 0 fully saturated rings. The van der Waals surface area contributed by atoms with Gasteiger partial charge in [0.25, 0.3) is 0 Å². The highest BCUT2D eigenvalue weighted by molar-refractivity contribution is 7.79. The van der Waals surface area contributed by atoms with E-state index < -0.39 is 16.4 Å². The Balaban J connectivity index is -0.0000000667. The van der Waals surface area contributed by atoms with E-state index in [0.717, 1.165) is 0 Å². The van der Waals surface area contributed by atoms with Crippen LogP contribution in [0.3, 0.4) is 0 Å². The molecule has 0 aromatic heterocycles. The van der Waals surface area contributed by atoms with Crippen LogP contribution < -0.4 is 34.4 Å². The zero-order chi connectivity index (χ0) is 15.2. The van der Waals surface area contributed by atoms with Gasteiger partial charge in [-0.05, 0) is 0 Å². The number of guanidine groups is 2. The molecule has 0 aromatic rings. The van der Waals surface area contributed by atoms with Crippen LogP contribution in [0.15, 0.2) is 0 Å². The van der Waals surface area contributed by atoms with Crippen molar-refractivity contribution in [3.05, 3.63) is 0 Å². The second-order valence-corrected chi connectivity index (χ2v) is 2.66. The number of rotatable bonds is 0. The molecule has 0 rings (SSSR count). The summed E-state index contributed by atoms with van der Waals surface area (Å²) >= 11 is 0. The number of hydrogen-bond acceptors (Lipinski definition) is 5. The van der Waals surface area contributed by atoms with Gasteiger partial charge in [0.05, 0.1) is 0 Å². The third-order valence-electron chi connectivity index (χ3n) is 0. The first kappa shape index (κ1) is 24.1. The molecule has 0 saturated heterocycles.